The van der Waals surface area contributed by atoms with Crippen LogP contribution in [0.4, 0.5) is 0 Å². The summed E-state index contributed by atoms with van der Waals surface area (Å²) in [5, 5.41) is 0. The molecule has 1 aliphatic heterocycles. The van der Waals surface area contributed by atoms with E-state index in [1.54, 1.807) is 7.11 Å². The van der Waals surface area contributed by atoms with E-state index in [-0.39, 0.29) is 18.3 Å². The van der Waals surface area contributed by atoms with Gasteiger partial charge in [-0.1, -0.05) is 6.07 Å². The Morgan fingerprint density at radius 2 is 1.67 bits per heavy atom. The zero-order valence-electron chi connectivity index (χ0n) is 13.9. The first-order valence-electron chi connectivity index (χ1n) is 7.79. The first-order chi connectivity index (χ1) is 9.75. The average molecular weight is 288 g/mol. The summed E-state index contributed by atoms with van der Waals surface area (Å²) in [6, 6.07) is 4.35. The van der Waals surface area contributed by atoms with E-state index < -0.39 is 0 Å². The molecule has 1 aromatic rings. The summed E-state index contributed by atoms with van der Waals surface area (Å²) in [5.41, 5.74) is 3.08. The molecule has 1 heterocycles. The molecule has 0 bridgehead atoms. The molecular formula is C17H25BO3. The molecule has 0 radical (unpaired) electrons. The Morgan fingerprint density at radius 1 is 1.10 bits per heavy atom. The van der Waals surface area contributed by atoms with Crippen LogP contribution < -0.4 is 10.2 Å². The predicted octanol–water partition coefficient (Wildman–Crippen LogP) is 3.18. The van der Waals surface area contributed by atoms with Gasteiger partial charge in [-0.25, -0.2) is 0 Å². The first kappa shape index (κ1) is 14.9. The van der Waals surface area contributed by atoms with Crippen LogP contribution >= 0.6 is 0 Å². The molecule has 3 nitrogen and oxygen atoms in total. The lowest BCUT2D eigenvalue weighted by Gasteiger charge is -2.32. The van der Waals surface area contributed by atoms with Gasteiger partial charge in [-0.2, -0.15) is 0 Å². The summed E-state index contributed by atoms with van der Waals surface area (Å²) in [5.74, 6) is 1.56. The number of hydrogen-bond donors (Lipinski definition) is 0. The predicted molar refractivity (Wildman–Crippen MR) is 85.4 cm³/mol. The van der Waals surface area contributed by atoms with E-state index in [9.17, 15) is 0 Å². The number of methoxy groups -OCH3 is 1. The summed E-state index contributed by atoms with van der Waals surface area (Å²) in [4.78, 5) is 0. The van der Waals surface area contributed by atoms with Crippen LogP contribution in [0.15, 0.2) is 12.1 Å². The second kappa shape index (κ2) is 4.75. The van der Waals surface area contributed by atoms with Crippen molar-refractivity contribution < 1.29 is 14.0 Å². The molecule has 1 aromatic carbocycles. The van der Waals surface area contributed by atoms with Crippen LogP contribution in [0.5, 0.6) is 5.75 Å². The van der Waals surface area contributed by atoms with Crippen molar-refractivity contribution in [2.24, 2.45) is 0 Å². The van der Waals surface area contributed by atoms with Crippen molar-refractivity contribution in [1.82, 2.24) is 0 Å². The molecule has 0 amide bonds. The summed E-state index contributed by atoms with van der Waals surface area (Å²) in [6.07, 6.45) is 2.58. The highest BCUT2D eigenvalue weighted by Crippen LogP contribution is 2.43. The molecule has 0 atom stereocenters. The van der Waals surface area contributed by atoms with Crippen LogP contribution in [0.25, 0.3) is 0 Å². The lowest BCUT2D eigenvalue weighted by Crippen LogP contribution is -2.41. The number of hydrogen-bond acceptors (Lipinski definition) is 3. The van der Waals surface area contributed by atoms with Gasteiger partial charge in [0.1, 0.15) is 5.75 Å². The molecule has 0 spiro atoms. The van der Waals surface area contributed by atoms with Crippen LogP contribution in [0.3, 0.4) is 0 Å². The van der Waals surface area contributed by atoms with Crippen molar-refractivity contribution in [3.63, 3.8) is 0 Å². The molecule has 0 unspecified atom stereocenters. The number of ether oxygens (including phenoxy) is 1. The highest BCUT2D eigenvalue weighted by atomic mass is 16.7. The van der Waals surface area contributed by atoms with E-state index in [1.165, 1.54) is 24.0 Å². The summed E-state index contributed by atoms with van der Waals surface area (Å²) in [7, 11) is 1.35. The smallest absolute Gasteiger partial charge is 0.497 e. The van der Waals surface area contributed by atoms with Crippen LogP contribution in [-0.2, 0) is 9.31 Å². The molecule has 1 saturated carbocycles. The Hall–Kier alpha value is -0.995. The van der Waals surface area contributed by atoms with E-state index in [0.29, 0.717) is 5.92 Å². The largest absolute Gasteiger partial charge is 0.498 e. The zero-order chi connectivity index (χ0) is 15.4. The minimum absolute atomic E-state index is 0.326. The van der Waals surface area contributed by atoms with Crippen molar-refractivity contribution in [2.45, 2.75) is 64.6 Å². The van der Waals surface area contributed by atoms with Crippen molar-refractivity contribution in [1.29, 1.82) is 0 Å². The van der Waals surface area contributed by atoms with Gasteiger partial charge < -0.3 is 14.0 Å². The van der Waals surface area contributed by atoms with Crippen molar-refractivity contribution in [2.75, 3.05) is 7.11 Å². The quantitative estimate of drug-likeness (QED) is 0.799. The van der Waals surface area contributed by atoms with Crippen molar-refractivity contribution >= 4 is 12.6 Å². The van der Waals surface area contributed by atoms with Gasteiger partial charge in [0.2, 0.25) is 0 Å². The maximum Gasteiger partial charge on any atom is 0.498 e. The standard InChI is InChI=1S/C17H25BO3/c1-11-9-15(19-6)14(10-13(11)12-7-8-12)18-20-16(2,3)17(4,5)21-18/h9-10,12H,7-8H2,1-6H3. The Bertz CT molecular complexity index is 545. The Kier molecular flexibility index (Phi) is 3.38. The fraction of sp³-hybridized carbons (Fsp3) is 0.647. The number of rotatable bonds is 3. The molecule has 0 aromatic heterocycles. The van der Waals surface area contributed by atoms with Crippen LogP contribution in [0, 0.1) is 6.92 Å². The highest BCUT2D eigenvalue weighted by Gasteiger charge is 2.52. The third-order valence-corrected chi connectivity index (χ3v) is 5.14. The Balaban J connectivity index is 2.00. The van der Waals surface area contributed by atoms with E-state index in [4.69, 9.17) is 14.0 Å². The van der Waals surface area contributed by atoms with Crippen LogP contribution in [0.1, 0.15) is 57.6 Å². The number of benzene rings is 1. The lowest BCUT2D eigenvalue weighted by molar-refractivity contribution is 0.00578. The lowest BCUT2D eigenvalue weighted by atomic mass is 9.76. The summed E-state index contributed by atoms with van der Waals surface area (Å²) >= 11 is 0. The van der Waals surface area contributed by atoms with Gasteiger partial charge >= 0.3 is 7.12 Å². The molecule has 114 valence electrons. The maximum atomic E-state index is 6.19. The second-order valence-corrected chi connectivity index (χ2v) is 7.31. The van der Waals surface area contributed by atoms with Crippen LogP contribution in [0.2, 0.25) is 0 Å². The van der Waals surface area contributed by atoms with Crippen molar-refractivity contribution in [3.8, 4) is 5.75 Å². The van der Waals surface area contributed by atoms with Gasteiger partial charge in [0.25, 0.3) is 0 Å². The molecule has 1 aliphatic carbocycles. The van der Waals surface area contributed by atoms with Gasteiger partial charge in [-0.3, -0.25) is 0 Å². The molecule has 2 fully saturated rings. The first-order valence-corrected chi connectivity index (χ1v) is 7.79. The third kappa shape index (κ3) is 2.49. The summed E-state index contributed by atoms with van der Waals surface area (Å²) in [6.45, 7) is 10.5. The van der Waals surface area contributed by atoms with Gasteiger partial charge in [0, 0.05) is 5.46 Å². The molecule has 2 aliphatic rings. The van der Waals surface area contributed by atoms with E-state index >= 15 is 0 Å². The van der Waals surface area contributed by atoms with Gasteiger partial charge in [0.05, 0.1) is 18.3 Å². The molecular weight excluding hydrogens is 263 g/mol. The SMILES string of the molecule is COc1cc(C)c(C2CC2)cc1B1OC(C)(C)C(C)(C)O1. The molecule has 3 rings (SSSR count). The monoisotopic (exact) mass is 288 g/mol. The molecule has 21 heavy (non-hydrogen) atoms. The summed E-state index contributed by atoms with van der Waals surface area (Å²) < 4.78 is 17.9. The highest BCUT2D eigenvalue weighted by molar-refractivity contribution is 6.63. The normalized spacial score (nSPS) is 23.4. The van der Waals surface area contributed by atoms with Gasteiger partial charge in [0.15, 0.2) is 0 Å². The van der Waals surface area contributed by atoms with E-state index in [0.717, 1.165) is 11.2 Å². The van der Waals surface area contributed by atoms with Crippen molar-refractivity contribution in [3.05, 3.63) is 23.3 Å². The van der Waals surface area contributed by atoms with E-state index in [1.807, 2.05) is 0 Å². The second-order valence-electron chi connectivity index (χ2n) is 7.31. The molecule has 4 heteroatoms. The van der Waals surface area contributed by atoms with Gasteiger partial charge in [-0.15, -0.1) is 0 Å². The minimum atomic E-state index is -0.358. The Morgan fingerprint density at radius 3 is 2.14 bits per heavy atom. The topological polar surface area (TPSA) is 27.7 Å². The third-order valence-electron chi connectivity index (χ3n) is 5.14. The van der Waals surface area contributed by atoms with E-state index in [2.05, 4.69) is 46.8 Å². The number of aryl methyl sites for hydroxylation is 1. The molecule has 1 saturated heterocycles. The van der Waals surface area contributed by atoms with Crippen LogP contribution in [-0.4, -0.2) is 25.4 Å². The Labute approximate surface area is 128 Å². The average Bonchev–Trinajstić information content (AvgIpc) is 3.17. The minimum Gasteiger partial charge on any atom is -0.497 e. The molecule has 0 N–H and O–H groups in total. The fourth-order valence-electron chi connectivity index (χ4n) is 2.88. The van der Waals surface area contributed by atoms with Gasteiger partial charge in [-0.05, 0) is 70.6 Å². The zero-order valence-corrected chi connectivity index (χ0v) is 13.9. The fourth-order valence-corrected chi connectivity index (χ4v) is 2.88. The maximum absolute atomic E-state index is 6.19.